The lowest BCUT2D eigenvalue weighted by Crippen LogP contribution is -2.47. The SMILES string of the molecule is C/C=C1/C(=O)c2c(OP(=O)(O)O)c3c(c(CC=C(C)C)c2OC1CC(C)(C)OC(C)(C/C=C(/C)C(=O)NCCCC)C(C)=O)OC(C)(CCC=C(C)C)C=C3. The molecule has 3 N–H and O–H groups in total. The van der Waals surface area contributed by atoms with Crippen molar-refractivity contribution < 1.29 is 47.5 Å². The first-order valence-electron chi connectivity index (χ1n) is 19.1. The number of carbonyl (C=O) groups is 3. The van der Waals surface area contributed by atoms with Crippen molar-refractivity contribution in [1.82, 2.24) is 5.32 Å². The van der Waals surface area contributed by atoms with Gasteiger partial charge in [-0.1, -0.05) is 48.8 Å². The van der Waals surface area contributed by atoms with Gasteiger partial charge in [-0.05, 0) is 114 Å². The molecule has 11 nitrogen and oxygen atoms in total. The number of ketones is 2. The van der Waals surface area contributed by atoms with Gasteiger partial charge in [-0.3, -0.25) is 24.2 Å². The fraction of sp³-hybridized carbons (Fsp3) is 0.558. The van der Waals surface area contributed by atoms with Crippen molar-refractivity contribution >= 4 is 31.4 Å². The Bertz CT molecular complexity index is 1840. The summed E-state index contributed by atoms with van der Waals surface area (Å²) in [7, 11) is -5.17. The lowest BCUT2D eigenvalue weighted by Gasteiger charge is -2.41. The molecule has 304 valence electrons. The van der Waals surface area contributed by atoms with Crippen LogP contribution >= 0.6 is 7.82 Å². The molecule has 3 rings (SSSR count). The third-order valence-electron chi connectivity index (χ3n) is 9.85. The van der Waals surface area contributed by atoms with Crippen LogP contribution in [-0.2, 0) is 25.3 Å². The zero-order chi connectivity index (χ0) is 41.5. The van der Waals surface area contributed by atoms with Crippen molar-refractivity contribution in [2.45, 2.75) is 151 Å². The van der Waals surface area contributed by atoms with Gasteiger partial charge in [0.15, 0.2) is 17.3 Å². The average molecular weight is 784 g/mol. The van der Waals surface area contributed by atoms with E-state index in [9.17, 15) is 28.7 Å². The molecule has 3 atom stereocenters. The summed E-state index contributed by atoms with van der Waals surface area (Å²) in [5.41, 5.74) is 0.431. The molecule has 0 saturated heterocycles. The van der Waals surface area contributed by atoms with E-state index in [1.165, 1.54) is 12.5 Å². The van der Waals surface area contributed by atoms with Crippen LogP contribution < -0.4 is 19.3 Å². The van der Waals surface area contributed by atoms with Gasteiger partial charge in [0.2, 0.25) is 5.91 Å². The van der Waals surface area contributed by atoms with Crippen molar-refractivity contribution in [3.8, 4) is 17.2 Å². The molecule has 0 fully saturated rings. The molecule has 1 aromatic rings. The molecule has 1 amide bonds. The van der Waals surface area contributed by atoms with E-state index in [0.717, 1.165) is 24.8 Å². The topological polar surface area (TPSA) is 158 Å². The maximum atomic E-state index is 14.6. The van der Waals surface area contributed by atoms with Crippen molar-refractivity contribution in [3.05, 3.63) is 69.4 Å². The van der Waals surface area contributed by atoms with Gasteiger partial charge < -0.3 is 24.1 Å². The smallest absolute Gasteiger partial charge is 0.484 e. The molecule has 0 spiro atoms. The second kappa shape index (κ2) is 18.5. The highest BCUT2D eigenvalue weighted by Gasteiger charge is 2.45. The highest BCUT2D eigenvalue weighted by Crippen LogP contribution is 2.55. The molecule has 1 aromatic carbocycles. The Hall–Kier alpha value is -3.76. The first-order valence-corrected chi connectivity index (χ1v) is 20.7. The third-order valence-corrected chi connectivity index (χ3v) is 10.3. The minimum absolute atomic E-state index is 0.102. The number of phosphoric acid groups is 1. The fourth-order valence-electron chi connectivity index (χ4n) is 6.65. The van der Waals surface area contributed by atoms with E-state index >= 15 is 0 Å². The van der Waals surface area contributed by atoms with Gasteiger partial charge in [0.25, 0.3) is 0 Å². The quantitative estimate of drug-likeness (QED) is 0.0567. The van der Waals surface area contributed by atoms with Crippen LogP contribution in [0.4, 0.5) is 0 Å². The third kappa shape index (κ3) is 12.1. The van der Waals surface area contributed by atoms with Crippen molar-refractivity contribution in [2.24, 2.45) is 0 Å². The van der Waals surface area contributed by atoms with Crippen LogP contribution in [0, 0.1) is 0 Å². The average Bonchev–Trinajstić information content (AvgIpc) is 3.05. The number of phosphoric ester groups is 1. The number of fused-ring (bicyclic) bond motifs is 2. The number of nitrogens with one attached hydrogen (secondary N) is 1. The Morgan fingerprint density at radius 1 is 1.04 bits per heavy atom. The van der Waals surface area contributed by atoms with Crippen LogP contribution in [0.25, 0.3) is 6.08 Å². The monoisotopic (exact) mass is 783 g/mol. The van der Waals surface area contributed by atoms with Crippen LogP contribution in [0.3, 0.4) is 0 Å². The first kappa shape index (κ1) is 45.6. The van der Waals surface area contributed by atoms with Crippen molar-refractivity contribution in [2.75, 3.05) is 6.54 Å². The maximum Gasteiger partial charge on any atom is 0.524 e. The Balaban J connectivity index is 2.14. The molecule has 0 aromatic heterocycles. The van der Waals surface area contributed by atoms with Crippen molar-refractivity contribution in [3.63, 3.8) is 0 Å². The lowest BCUT2D eigenvalue weighted by atomic mass is 9.83. The summed E-state index contributed by atoms with van der Waals surface area (Å²) in [6, 6.07) is 0. The Kier molecular flexibility index (Phi) is 15.3. The molecule has 0 radical (unpaired) electrons. The molecule has 0 aliphatic carbocycles. The zero-order valence-electron chi connectivity index (χ0n) is 34.8. The molecule has 2 aliphatic rings. The molecule has 55 heavy (non-hydrogen) atoms. The first-order chi connectivity index (χ1) is 25.5. The number of unbranched alkanes of at least 4 members (excludes halogenated alkanes) is 1. The molecular formula is C43H62NO10P. The number of amides is 1. The predicted molar refractivity (Wildman–Crippen MR) is 217 cm³/mol. The number of carbonyl (C=O) groups excluding carboxylic acids is 3. The Morgan fingerprint density at radius 3 is 2.25 bits per heavy atom. The van der Waals surface area contributed by atoms with Gasteiger partial charge in [0, 0.05) is 36.1 Å². The van der Waals surface area contributed by atoms with E-state index in [4.69, 9.17) is 18.7 Å². The molecule has 0 saturated carbocycles. The van der Waals surface area contributed by atoms with E-state index in [1.807, 2.05) is 67.5 Å². The number of Topliss-reactive ketones (excluding diaryl/α,β-unsaturated/α-hetero) is 2. The fourth-order valence-corrected chi connectivity index (χ4v) is 7.08. The minimum Gasteiger partial charge on any atom is -0.484 e. The summed E-state index contributed by atoms with van der Waals surface area (Å²) in [5.74, 6) is -0.837. The summed E-state index contributed by atoms with van der Waals surface area (Å²) in [6.45, 7) is 22.6. The molecule has 3 unspecified atom stereocenters. The van der Waals surface area contributed by atoms with Gasteiger partial charge >= 0.3 is 7.82 Å². The predicted octanol–water partition coefficient (Wildman–Crippen LogP) is 9.25. The summed E-state index contributed by atoms with van der Waals surface area (Å²) in [5, 5.41) is 2.89. The molecule has 0 bridgehead atoms. The van der Waals surface area contributed by atoms with E-state index in [0.29, 0.717) is 36.3 Å². The van der Waals surface area contributed by atoms with Crippen LogP contribution in [0.15, 0.2) is 52.7 Å². The normalized spacial score (nSPS) is 20.0. The molecular weight excluding hydrogens is 721 g/mol. The van der Waals surface area contributed by atoms with Crippen LogP contribution in [0.1, 0.15) is 143 Å². The highest BCUT2D eigenvalue weighted by atomic mass is 31.2. The minimum atomic E-state index is -5.17. The molecule has 2 heterocycles. The van der Waals surface area contributed by atoms with Crippen LogP contribution in [0.2, 0.25) is 0 Å². The summed E-state index contributed by atoms with van der Waals surface area (Å²) >= 11 is 0. The molecule has 2 aliphatic heterocycles. The van der Waals surface area contributed by atoms with Crippen LogP contribution in [-0.4, -0.2) is 56.7 Å². The van der Waals surface area contributed by atoms with E-state index in [2.05, 4.69) is 11.4 Å². The Labute approximate surface area is 327 Å². The number of rotatable bonds is 18. The van der Waals surface area contributed by atoms with Gasteiger partial charge in [-0.2, -0.15) is 0 Å². The van der Waals surface area contributed by atoms with E-state index in [-0.39, 0.29) is 52.7 Å². The number of hydrogen-bond donors (Lipinski definition) is 3. The van der Waals surface area contributed by atoms with Gasteiger partial charge in [0.05, 0.1) is 11.2 Å². The standard InChI is InChI=1S/C43H62NO10P/c1-13-15-25-44-40(47)29(7)20-24-43(12,30(8)45)54-41(9,10)26-34-31(14-2)36(46)35-38(51-34)32(19-18-28(5)6)37-33(39(35)53-55(48,49)50)21-23-42(11,52-37)22-16-17-27(3)4/h14,17-18,20-21,23,34H,13,15-16,19,22,24-26H2,1-12H3,(H,44,47)(H2,48,49,50)/b29-20-,31-14+. The number of hydrogen-bond acceptors (Lipinski definition) is 8. The number of ether oxygens (including phenoxy) is 3. The van der Waals surface area contributed by atoms with Gasteiger partial charge in [0.1, 0.15) is 34.4 Å². The Morgan fingerprint density at radius 2 is 1.69 bits per heavy atom. The van der Waals surface area contributed by atoms with Crippen LogP contribution in [0.5, 0.6) is 17.2 Å². The molecule has 12 heteroatoms. The maximum absolute atomic E-state index is 14.6. The number of allylic oxidation sites excluding steroid dienone is 5. The van der Waals surface area contributed by atoms with E-state index in [1.54, 1.807) is 39.0 Å². The second-order valence-electron chi connectivity index (χ2n) is 16.1. The van der Waals surface area contributed by atoms with Gasteiger partial charge in [-0.25, -0.2) is 4.57 Å². The van der Waals surface area contributed by atoms with E-state index < -0.39 is 36.5 Å². The summed E-state index contributed by atoms with van der Waals surface area (Å²) in [4.78, 5) is 60.5. The largest absolute Gasteiger partial charge is 0.524 e. The lowest BCUT2D eigenvalue weighted by molar-refractivity contribution is -0.165. The van der Waals surface area contributed by atoms with Gasteiger partial charge in [-0.15, -0.1) is 0 Å². The summed E-state index contributed by atoms with van der Waals surface area (Å²) in [6.07, 6.45) is 13.8. The summed E-state index contributed by atoms with van der Waals surface area (Å²) < 4.78 is 37.8. The second-order valence-corrected chi connectivity index (χ2v) is 17.3. The number of benzene rings is 1. The van der Waals surface area contributed by atoms with Crippen molar-refractivity contribution in [1.29, 1.82) is 0 Å². The highest BCUT2D eigenvalue weighted by molar-refractivity contribution is 7.46. The zero-order valence-corrected chi connectivity index (χ0v) is 35.7.